The largest absolute Gasteiger partial charge is 0.490 e. The maximum Gasteiger partial charge on any atom is 0.490 e. The van der Waals surface area contributed by atoms with Gasteiger partial charge in [-0.3, -0.25) is 4.79 Å². The molecule has 1 aromatic heterocycles. The Kier molecular flexibility index (Phi) is 9.22. The molecule has 2 saturated carbocycles. The molecule has 0 spiro atoms. The van der Waals surface area contributed by atoms with Gasteiger partial charge in [0, 0.05) is 48.9 Å². The van der Waals surface area contributed by atoms with Crippen LogP contribution in [0.5, 0.6) is 0 Å². The summed E-state index contributed by atoms with van der Waals surface area (Å²) in [4.78, 5) is 32.6. The molecule has 2 fully saturated rings. The zero-order valence-electron chi connectivity index (χ0n) is 20.8. The number of hydrogen-bond donors (Lipinski definition) is 3. The quantitative estimate of drug-likeness (QED) is 0.483. The first kappa shape index (κ1) is 28.5. The molecule has 2 aliphatic rings. The summed E-state index contributed by atoms with van der Waals surface area (Å²) in [6, 6.07) is 8.48. The number of nitrogens with one attached hydrogen (secondary N) is 2. The van der Waals surface area contributed by atoms with Crippen molar-refractivity contribution in [3.8, 4) is 0 Å². The monoisotopic (exact) mass is 541 g/mol. The van der Waals surface area contributed by atoms with Crippen LogP contribution in [0.1, 0.15) is 49.1 Å². The fourth-order valence-electron chi connectivity index (χ4n) is 4.39. The van der Waals surface area contributed by atoms with Crippen LogP contribution in [0, 0.1) is 12.8 Å². The number of carboxylic acid groups (broad SMARTS) is 1. The average Bonchev–Trinajstić information content (AvgIpc) is 3.63. The molecule has 8 nitrogen and oxygen atoms in total. The molecule has 1 heterocycles. The van der Waals surface area contributed by atoms with E-state index in [0.717, 1.165) is 48.5 Å². The normalized spacial score (nSPS) is 22.8. The van der Waals surface area contributed by atoms with Crippen LogP contribution in [-0.2, 0) is 9.59 Å². The predicted molar refractivity (Wildman–Crippen MR) is 135 cm³/mol. The summed E-state index contributed by atoms with van der Waals surface area (Å²) >= 11 is 5.96. The molecule has 0 bridgehead atoms. The third-order valence-corrected chi connectivity index (χ3v) is 6.70. The van der Waals surface area contributed by atoms with E-state index >= 15 is 0 Å². The number of aliphatic carboxylic acids is 1. The number of carboxylic acids is 1. The van der Waals surface area contributed by atoms with E-state index in [1.54, 1.807) is 0 Å². The maximum absolute atomic E-state index is 12.7. The van der Waals surface area contributed by atoms with Crippen molar-refractivity contribution in [3.63, 3.8) is 0 Å². The van der Waals surface area contributed by atoms with Crippen LogP contribution in [0.4, 0.5) is 24.9 Å². The number of halogens is 4. The molecular weight excluding hydrogens is 511 g/mol. The number of rotatable bonds is 6. The van der Waals surface area contributed by atoms with Gasteiger partial charge in [0.05, 0.1) is 0 Å². The van der Waals surface area contributed by atoms with Crippen molar-refractivity contribution in [3.05, 3.63) is 46.6 Å². The molecule has 1 aromatic carbocycles. The summed E-state index contributed by atoms with van der Waals surface area (Å²) < 4.78 is 31.7. The van der Waals surface area contributed by atoms with Gasteiger partial charge in [-0.05, 0) is 62.6 Å². The topological polar surface area (TPSA) is 107 Å². The van der Waals surface area contributed by atoms with Crippen molar-refractivity contribution >= 4 is 35.2 Å². The first-order valence-electron chi connectivity index (χ1n) is 12.0. The second-order valence-corrected chi connectivity index (χ2v) is 10.0. The lowest BCUT2D eigenvalue weighted by Gasteiger charge is -2.30. The fraction of sp³-hybridized carbons (Fsp3) is 0.520. The number of hydrogen-bond acceptors (Lipinski definition) is 6. The summed E-state index contributed by atoms with van der Waals surface area (Å²) in [7, 11) is 3.98. The van der Waals surface area contributed by atoms with E-state index in [2.05, 4.69) is 20.6 Å². The number of aromatic nitrogens is 2. The van der Waals surface area contributed by atoms with Crippen LogP contribution >= 0.6 is 11.6 Å². The van der Waals surface area contributed by atoms with Crippen LogP contribution in [0.3, 0.4) is 0 Å². The number of carbonyl (C=O) groups excluding carboxylic acids is 1. The number of alkyl halides is 3. The van der Waals surface area contributed by atoms with Gasteiger partial charge >= 0.3 is 12.1 Å². The van der Waals surface area contributed by atoms with Crippen molar-refractivity contribution in [2.45, 2.75) is 63.2 Å². The first-order chi connectivity index (χ1) is 17.3. The number of nitrogens with zero attached hydrogens (tertiary/aromatic N) is 3. The van der Waals surface area contributed by atoms with Crippen molar-refractivity contribution in [2.75, 3.05) is 24.3 Å². The molecule has 0 aliphatic heterocycles. The highest BCUT2D eigenvalue weighted by Crippen LogP contribution is 2.47. The molecule has 2 aliphatic carbocycles. The lowest BCUT2D eigenvalue weighted by Crippen LogP contribution is -2.41. The van der Waals surface area contributed by atoms with E-state index in [0.29, 0.717) is 17.9 Å². The van der Waals surface area contributed by atoms with Gasteiger partial charge < -0.3 is 20.6 Å². The van der Waals surface area contributed by atoms with Gasteiger partial charge in [0.15, 0.2) is 0 Å². The minimum absolute atomic E-state index is 0.104. The fourth-order valence-corrected chi connectivity index (χ4v) is 4.52. The average molecular weight is 542 g/mol. The maximum atomic E-state index is 12.7. The second kappa shape index (κ2) is 12.0. The van der Waals surface area contributed by atoms with Gasteiger partial charge in [0.2, 0.25) is 11.9 Å². The zero-order chi connectivity index (χ0) is 27.3. The van der Waals surface area contributed by atoms with Gasteiger partial charge in [-0.2, -0.15) is 18.2 Å². The van der Waals surface area contributed by atoms with Gasteiger partial charge in [-0.15, -0.1) is 0 Å². The predicted octanol–water partition coefficient (Wildman–Crippen LogP) is 4.78. The minimum atomic E-state index is -5.08. The highest BCUT2D eigenvalue weighted by atomic mass is 35.5. The molecule has 12 heteroatoms. The number of anilines is 2. The Hall–Kier alpha value is -3.08. The van der Waals surface area contributed by atoms with E-state index < -0.39 is 12.1 Å². The van der Waals surface area contributed by atoms with Crippen LogP contribution in [0.2, 0.25) is 5.02 Å². The summed E-state index contributed by atoms with van der Waals surface area (Å²) in [5.41, 5.74) is 2.27. The Bertz CT molecular complexity index is 1090. The van der Waals surface area contributed by atoms with Gasteiger partial charge in [-0.1, -0.05) is 23.7 Å². The highest BCUT2D eigenvalue weighted by Gasteiger charge is 2.44. The summed E-state index contributed by atoms with van der Waals surface area (Å²) in [5, 5.41) is 14.6. The van der Waals surface area contributed by atoms with E-state index in [1.165, 1.54) is 5.56 Å². The molecule has 2 atom stereocenters. The summed E-state index contributed by atoms with van der Waals surface area (Å²) in [5.74, 6) is -0.498. The minimum Gasteiger partial charge on any atom is -0.475 e. The molecule has 37 heavy (non-hydrogen) atoms. The van der Waals surface area contributed by atoms with Crippen LogP contribution in [0.25, 0.3) is 0 Å². The zero-order valence-corrected chi connectivity index (χ0v) is 21.6. The van der Waals surface area contributed by atoms with E-state index in [4.69, 9.17) is 21.5 Å². The molecule has 4 rings (SSSR count). The molecule has 0 unspecified atom stereocenters. The number of carbonyl (C=O) groups is 2. The SMILES string of the molecule is Cc1cnc(N[C@H]2CC[C@H](NC(=O)[C@@H]3C[C@@H]3c3ccc(Cl)cc3)CC2)nc1N(C)C.O=C(O)C(F)(F)F. The van der Waals surface area contributed by atoms with E-state index in [1.807, 2.05) is 56.4 Å². The van der Waals surface area contributed by atoms with Gasteiger partial charge in [0.25, 0.3) is 0 Å². The standard InChI is InChI=1S/C23H30ClN5O.C2HF3O2/c1-14-13-25-23(28-21(14)29(2)3)27-18-10-8-17(9-11-18)26-22(30)20-12-19(20)15-4-6-16(24)7-5-15;3-2(4,5)1(6)7/h4-7,13,17-20H,8-12H2,1-3H3,(H,26,30)(H,25,27,28);(H,6,7)/t17-,18-,19-,20-;/m1./s1. The number of aryl methyl sites for hydroxylation is 1. The van der Waals surface area contributed by atoms with Crippen molar-refractivity contribution < 1.29 is 27.9 Å². The Morgan fingerprint density at radius 2 is 1.65 bits per heavy atom. The Morgan fingerprint density at radius 3 is 2.19 bits per heavy atom. The van der Waals surface area contributed by atoms with Gasteiger partial charge in [0.1, 0.15) is 5.82 Å². The van der Waals surface area contributed by atoms with Crippen molar-refractivity contribution in [1.82, 2.24) is 15.3 Å². The van der Waals surface area contributed by atoms with E-state index in [-0.39, 0.29) is 17.9 Å². The third-order valence-electron chi connectivity index (χ3n) is 6.44. The molecule has 1 amide bonds. The molecule has 3 N–H and O–H groups in total. The molecule has 0 radical (unpaired) electrons. The Labute approximate surface area is 218 Å². The molecule has 2 aromatic rings. The highest BCUT2D eigenvalue weighted by molar-refractivity contribution is 6.30. The van der Waals surface area contributed by atoms with Crippen LogP contribution < -0.4 is 15.5 Å². The molecular formula is C25H31ClF3N5O3. The van der Waals surface area contributed by atoms with Crippen LogP contribution in [0.15, 0.2) is 30.5 Å². The lowest BCUT2D eigenvalue weighted by molar-refractivity contribution is -0.192. The Morgan fingerprint density at radius 1 is 1.08 bits per heavy atom. The van der Waals surface area contributed by atoms with Gasteiger partial charge in [-0.25, -0.2) is 9.78 Å². The third kappa shape index (κ3) is 8.21. The van der Waals surface area contributed by atoms with Crippen molar-refractivity contribution in [2.24, 2.45) is 5.92 Å². The summed E-state index contributed by atoms with van der Waals surface area (Å²) in [6.45, 7) is 2.02. The van der Waals surface area contributed by atoms with Crippen LogP contribution in [-0.4, -0.2) is 59.3 Å². The van der Waals surface area contributed by atoms with Crippen molar-refractivity contribution in [1.29, 1.82) is 0 Å². The smallest absolute Gasteiger partial charge is 0.475 e. The molecule has 0 saturated heterocycles. The number of benzene rings is 1. The molecule has 202 valence electrons. The Balaban J connectivity index is 0.000000479. The first-order valence-corrected chi connectivity index (χ1v) is 12.4. The summed E-state index contributed by atoms with van der Waals surface area (Å²) in [6.07, 6.45) is 1.68. The number of amides is 1. The lowest BCUT2D eigenvalue weighted by atomic mass is 9.91. The second-order valence-electron chi connectivity index (χ2n) is 9.60. The van der Waals surface area contributed by atoms with E-state index in [9.17, 15) is 18.0 Å².